The number of ether oxygens (including phenoxy) is 1. The van der Waals surface area contributed by atoms with E-state index in [0.29, 0.717) is 23.1 Å². The standard InChI is InChI=1S/C12H13FN2O3/c1-7(16)10-5-9(13)3-4-11(10)17-6-12-15-14-8(2)18-12/h3-5,7,16H,6H2,1-2H3/t7-/m1/s1. The van der Waals surface area contributed by atoms with Crippen LogP contribution in [0, 0.1) is 12.7 Å². The topological polar surface area (TPSA) is 68.4 Å². The van der Waals surface area contributed by atoms with Gasteiger partial charge in [-0.2, -0.15) is 0 Å². The molecular formula is C12H13FN2O3. The van der Waals surface area contributed by atoms with Crippen molar-refractivity contribution < 1.29 is 18.7 Å². The van der Waals surface area contributed by atoms with E-state index in [0.717, 1.165) is 0 Å². The average molecular weight is 252 g/mol. The highest BCUT2D eigenvalue weighted by molar-refractivity contribution is 5.35. The molecule has 0 saturated heterocycles. The molecule has 0 aliphatic heterocycles. The Balaban J connectivity index is 2.13. The fraction of sp³-hybridized carbons (Fsp3) is 0.333. The highest BCUT2D eigenvalue weighted by Gasteiger charge is 2.12. The fourth-order valence-corrected chi connectivity index (χ4v) is 1.51. The molecule has 2 aromatic rings. The maximum Gasteiger partial charge on any atom is 0.253 e. The molecule has 0 spiro atoms. The van der Waals surface area contributed by atoms with E-state index in [1.54, 1.807) is 13.8 Å². The molecule has 1 heterocycles. The summed E-state index contributed by atoms with van der Waals surface area (Å²) in [5.74, 6) is 0.742. The first-order chi connectivity index (χ1) is 8.56. The molecule has 1 atom stereocenters. The van der Waals surface area contributed by atoms with Gasteiger partial charge >= 0.3 is 0 Å². The molecule has 0 bridgehead atoms. The van der Waals surface area contributed by atoms with Gasteiger partial charge in [-0.1, -0.05) is 0 Å². The Kier molecular flexibility index (Phi) is 3.57. The van der Waals surface area contributed by atoms with Crippen LogP contribution in [0.1, 0.15) is 30.4 Å². The number of rotatable bonds is 4. The Hall–Kier alpha value is -1.95. The van der Waals surface area contributed by atoms with Crippen LogP contribution in [0.4, 0.5) is 4.39 Å². The van der Waals surface area contributed by atoms with Crippen molar-refractivity contribution in [3.63, 3.8) is 0 Å². The van der Waals surface area contributed by atoms with Crippen LogP contribution in [0.5, 0.6) is 5.75 Å². The molecule has 1 N–H and O–H groups in total. The number of nitrogens with zero attached hydrogens (tertiary/aromatic N) is 2. The molecule has 0 aliphatic rings. The van der Waals surface area contributed by atoms with Crippen LogP contribution in [0.25, 0.3) is 0 Å². The number of aliphatic hydroxyl groups excluding tert-OH is 1. The second-order valence-corrected chi connectivity index (χ2v) is 3.86. The summed E-state index contributed by atoms with van der Waals surface area (Å²) in [4.78, 5) is 0. The molecule has 18 heavy (non-hydrogen) atoms. The van der Waals surface area contributed by atoms with Crippen LogP contribution in [0.2, 0.25) is 0 Å². The Bertz CT molecular complexity index is 540. The molecular weight excluding hydrogens is 239 g/mol. The monoisotopic (exact) mass is 252 g/mol. The summed E-state index contributed by atoms with van der Waals surface area (Å²) in [6, 6.07) is 3.96. The second kappa shape index (κ2) is 5.14. The van der Waals surface area contributed by atoms with Crippen molar-refractivity contribution in [1.29, 1.82) is 0 Å². The molecule has 1 aromatic carbocycles. The first-order valence-electron chi connectivity index (χ1n) is 5.45. The maximum atomic E-state index is 13.1. The third-order valence-electron chi connectivity index (χ3n) is 2.34. The summed E-state index contributed by atoms with van der Waals surface area (Å²) < 4.78 is 23.6. The van der Waals surface area contributed by atoms with Crippen molar-refractivity contribution in [2.45, 2.75) is 26.6 Å². The van der Waals surface area contributed by atoms with Gasteiger partial charge in [-0.3, -0.25) is 0 Å². The van der Waals surface area contributed by atoms with E-state index in [-0.39, 0.29) is 6.61 Å². The van der Waals surface area contributed by atoms with E-state index in [1.165, 1.54) is 18.2 Å². The Labute approximate surface area is 103 Å². The molecule has 1 aromatic heterocycles. The van der Waals surface area contributed by atoms with Crippen molar-refractivity contribution in [2.75, 3.05) is 0 Å². The van der Waals surface area contributed by atoms with E-state index < -0.39 is 11.9 Å². The average Bonchev–Trinajstić information content (AvgIpc) is 2.73. The summed E-state index contributed by atoms with van der Waals surface area (Å²) in [5, 5.41) is 17.0. The van der Waals surface area contributed by atoms with E-state index in [9.17, 15) is 9.50 Å². The normalized spacial score (nSPS) is 12.4. The number of aliphatic hydroxyl groups is 1. The van der Waals surface area contributed by atoms with E-state index in [1.807, 2.05) is 0 Å². The minimum absolute atomic E-state index is 0.0756. The van der Waals surface area contributed by atoms with Crippen LogP contribution in [0.15, 0.2) is 22.6 Å². The Morgan fingerprint density at radius 2 is 2.22 bits per heavy atom. The van der Waals surface area contributed by atoms with Gasteiger partial charge in [-0.25, -0.2) is 4.39 Å². The molecule has 0 unspecified atom stereocenters. The van der Waals surface area contributed by atoms with Crippen LogP contribution in [-0.4, -0.2) is 15.3 Å². The number of aryl methyl sites for hydroxylation is 1. The molecule has 2 rings (SSSR count). The van der Waals surface area contributed by atoms with Crippen molar-refractivity contribution in [3.05, 3.63) is 41.4 Å². The number of aromatic nitrogens is 2. The molecule has 0 radical (unpaired) electrons. The molecule has 96 valence electrons. The fourth-order valence-electron chi connectivity index (χ4n) is 1.51. The smallest absolute Gasteiger partial charge is 0.253 e. The number of hydrogen-bond acceptors (Lipinski definition) is 5. The number of halogens is 1. The van der Waals surface area contributed by atoms with Crippen molar-refractivity contribution in [1.82, 2.24) is 10.2 Å². The largest absolute Gasteiger partial charge is 0.483 e. The third kappa shape index (κ3) is 2.84. The lowest BCUT2D eigenvalue weighted by Gasteiger charge is -2.12. The van der Waals surface area contributed by atoms with Gasteiger partial charge in [-0.15, -0.1) is 10.2 Å². The van der Waals surface area contributed by atoms with Gasteiger partial charge in [-0.05, 0) is 25.1 Å². The molecule has 0 amide bonds. The van der Waals surface area contributed by atoms with Crippen LogP contribution in [-0.2, 0) is 6.61 Å². The van der Waals surface area contributed by atoms with E-state index >= 15 is 0 Å². The highest BCUT2D eigenvalue weighted by Crippen LogP contribution is 2.26. The van der Waals surface area contributed by atoms with Gasteiger partial charge < -0.3 is 14.3 Å². The Morgan fingerprint density at radius 1 is 1.44 bits per heavy atom. The zero-order valence-electron chi connectivity index (χ0n) is 10.1. The van der Waals surface area contributed by atoms with E-state index in [2.05, 4.69) is 10.2 Å². The third-order valence-corrected chi connectivity index (χ3v) is 2.34. The summed E-state index contributed by atoms with van der Waals surface area (Å²) in [7, 11) is 0. The lowest BCUT2D eigenvalue weighted by Crippen LogP contribution is -2.02. The van der Waals surface area contributed by atoms with Crippen molar-refractivity contribution in [2.24, 2.45) is 0 Å². The van der Waals surface area contributed by atoms with Gasteiger partial charge in [0.2, 0.25) is 5.89 Å². The molecule has 0 aliphatic carbocycles. The van der Waals surface area contributed by atoms with E-state index in [4.69, 9.17) is 9.15 Å². The predicted molar refractivity (Wildman–Crippen MR) is 60.4 cm³/mol. The molecule has 0 fully saturated rings. The van der Waals surface area contributed by atoms with Gasteiger partial charge in [0.05, 0.1) is 6.10 Å². The van der Waals surface area contributed by atoms with Crippen LogP contribution in [0.3, 0.4) is 0 Å². The molecule has 0 saturated carbocycles. The molecule has 6 heteroatoms. The lowest BCUT2D eigenvalue weighted by atomic mass is 10.1. The van der Waals surface area contributed by atoms with Crippen LogP contribution >= 0.6 is 0 Å². The lowest BCUT2D eigenvalue weighted by molar-refractivity contribution is 0.186. The van der Waals surface area contributed by atoms with Crippen molar-refractivity contribution >= 4 is 0 Å². The zero-order valence-corrected chi connectivity index (χ0v) is 10.1. The first-order valence-corrected chi connectivity index (χ1v) is 5.45. The number of benzene rings is 1. The SMILES string of the molecule is Cc1nnc(COc2ccc(F)cc2[C@@H](C)O)o1. The maximum absolute atomic E-state index is 13.1. The van der Waals surface area contributed by atoms with Gasteiger partial charge in [0, 0.05) is 12.5 Å². The van der Waals surface area contributed by atoms with Crippen molar-refractivity contribution in [3.8, 4) is 5.75 Å². The number of hydrogen-bond donors (Lipinski definition) is 1. The van der Waals surface area contributed by atoms with Gasteiger partial charge in [0.25, 0.3) is 5.89 Å². The zero-order chi connectivity index (χ0) is 13.1. The quantitative estimate of drug-likeness (QED) is 0.902. The minimum Gasteiger partial charge on any atom is -0.483 e. The Morgan fingerprint density at radius 3 is 2.83 bits per heavy atom. The van der Waals surface area contributed by atoms with Gasteiger partial charge in [0.1, 0.15) is 11.6 Å². The summed E-state index contributed by atoms with van der Waals surface area (Å²) in [5.41, 5.74) is 0.381. The first kappa shape index (κ1) is 12.5. The summed E-state index contributed by atoms with van der Waals surface area (Å²) in [6.07, 6.45) is -0.819. The summed E-state index contributed by atoms with van der Waals surface area (Å²) >= 11 is 0. The van der Waals surface area contributed by atoms with Crippen LogP contribution < -0.4 is 4.74 Å². The molecule has 5 nitrogen and oxygen atoms in total. The van der Waals surface area contributed by atoms with Gasteiger partial charge in [0.15, 0.2) is 6.61 Å². The highest BCUT2D eigenvalue weighted by atomic mass is 19.1. The second-order valence-electron chi connectivity index (χ2n) is 3.86. The minimum atomic E-state index is -0.819. The predicted octanol–water partition coefficient (Wildman–Crippen LogP) is 2.15. The summed E-state index contributed by atoms with van der Waals surface area (Å²) in [6.45, 7) is 3.29.